The number of amides is 1. The van der Waals surface area contributed by atoms with Gasteiger partial charge in [-0.15, -0.1) is 0 Å². The Morgan fingerprint density at radius 2 is 1.90 bits per heavy atom. The zero-order valence-electron chi connectivity index (χ0n) is 12.7. The summed E-state index contributed by atoms with van der Waals surface area (Å²) in [5, 5.41) is 0. The maximum atomic E-state index is 12.0. The minimum atomic E-state index is -0.564. The van der Waals surface area contributed by atoms with Crippen LogP contribution in [0.4, 0.5) is 4.79 Å². The Labute approximate surface area is 124 Å². The molecule has 1 atom stereocenters. The molecule has 2 rings (SSSR count). The van der Waals surface area contributed by atoms with Crippen LogP contribution in [0.15, 0.2) is 30.3 Å². The van der Waals surface area contributed by atoms with Crippen molar-refractivity contribution in [3.8, 4) is 0 Å². The lowest BCUT2D eigenvalue weighted by atomic mass is 10.0. The van der Waals surface area contributed by atoms with Crippen LogP contribution in [0.5, 0.6) is 0 Å². The molecule has 1 amide bonds. The first kappa shape index (κ1) is 15.4. The third kappa shape index (κ3) is 4.21. The smallest absolute Gasteiger partial charge is 0.411 e. The van der Waals surface area contributed by atoms with E-state index in [0.717, 1.165) is 5.56 Å². The monoisotopic (exact) mass is 291 g/mol. The van der Waals surface area contributed by atoms with E-state index in [2.05, 4.69) is 0 Å². The molecule has 114 valence electrons. The molecule has 1 aliphatic heterocycles. The summed E-state index contributed by atoms with van der Waals surface area (Å²) in [5.74, 6) is -0.379. The van der Waals surface area contributed by atoms with Gasteiger partial charge in [0.15, 0.2) is 0 Å². The Morgan fingerprint density at radius 1 is 1.24 bits per heavy atom. The Kier molecular flexibility index (Phi) is 4.50. The highest BCUT2D eigenvalue weighted by Gasteiger charge is 2.40. The van der Waals surface area contributed by atoms with Gasteiger partial charge in [0.05, 0.1) is 0 Å². The number of nitrogens with zero attached hydrogens (tertiary/aromatic N) is 1. The predicted molar refractivity (Wildman–Crippen MR) is 77.6 cm³/mol. The van der Waals surface area contributed by atoms with Gasteiger partial charge in [-0.1, -0.05) is 30.3 Å². The van der Waals surface area contributed by atoms with Gasteiger partial charge >= 0.3 is 12.1 Å². The first-order valence-electron chi connectivity index (χ1n) is 7.07. The molecule has 1 saturated heterocycles. The van der Waals surface area contributed by atoms with Crippen LogP contribution in [-0.2, 0) is 20.9 Å². The molecule has 1 heterocycles. The molecule has 0 bridgehead atoms. The van der Waals surface area contributed by atoms with E-state index in [1.807, 2.05) is 30.3 Å². The summed E-state index contributed by atoms with van der Waals surface area (Å²) in [6.45, 7) is 6.15. The number of carbonyl (C=O) groups is 2. The van der Waals surface area contributed by atoms with Crippen molar-refractivity contribution in [3.63, 3.8) is 0 Å². The minimum absolute atomic E-state index is 0.221. The average molecular weight is 291 g/mol. The van der Waals surface area contributed by atoms with Crippen molar-refractivity contribution in [2.45, 2.75) is 45.4 Å². The van der Waals surface area contributed by atoms with E-state index in [9.17, 15) is 9.59 Å². The maximum Gasteiger partial charge on any atom is 0.411 e. The number of rotatable bonds is 3. The first-order chi connectivity index (χ1) is 9.87. The van der Waals surface area contributed by atoms with Gasteiger partial charge in [-0.05, 0) is 32.8 Å². The number of likely N-dealkylation sites (tertiary alicyclic amines) is 1. The Morgan fingerprint density at radius 3 is 2.43 bits per heavy atom. The van der Waals surface area contributed by atoms with E-state index in [-0.39, 0.29) is 12.6 Å². The minimum Gasteiger partial charge on any atom is -0.459 e. The fourth-order valence-corrected chi connectivity index (χ4v) is 2.00. The summed E-state index contributed by atoms with van der Waals surface area (Å²) in [6.07, 6.45) is 0.155. The normalized spacial score (nSPS) is 17.9. The van der Waals surface area contributed by atoms with Crippen LogP contribution < -0.4 is 0 Å². The summed E-state index contributed by atoms with van der Waals surface area (Å²) in [4.78, 5) is 25.3. The molecule has 0 aromatic heterocycles. The molecule has 0 N–H and O–H groups in total. The van der Waals surface area contributed by atoms with Crippen LogP contribution in [0.2, 0.25) is 0 Å². The number of benzene rings is 1. The topological polar surface area (TPSA) is 55.8 Å². The second-order valence-electron chi connectivity index (χ2n) is 6.07. The summed E-state index contributed by atoms with van der Waals surface area (Å²) in [5.41, 5.74) is 0.361. The zero-order valence-corrected chi connectivity index (χ0v) is 12.7. The fraction of sp³-hybridized carbons (Fsp3) is 0.500. The molecule has 1 fully saturated rings. The van der Waals surface area contributed by atoms with E-state index in [1.165, 1.54) is 4.90 Å². The second-order valence-corrected chi connectivity index (χ2v) is 6.07. The van der Waals surface area contributed by atoms with Gasteiger partial charge in [0.25, 0.3) is 0 Å². The maximum absolute atomic E-state index is 12.0. The highest BCUT2D eigenvalue weighted by molar-refractivity contribution is 5.83. The quantitative estimate of drug-likeness (QED) is 0.804. The van der Waals surface area contributed by atoms with Crippen LogP contribution in [0.1, 0.15) is 32.8 Å². The number of esters is 1. The van der Waals surface area contributed by atoms with Gasteiger partial charge in [-0.3, -0.25) is 4.90 Å². The number of ether oxygens (including phenoxy) is 2. The van der Waals surface area contributed by atoms with E-state index < -0.39 is 17.7 Å². The molecule has 5 nitrogen and oxygen atoms in total. The van der Waals surface area contributed by atoms with E-state index in [1.54, 1.807) is 20.8 Å². The largest absolute Gasteiger partial charge is 0.459 e. The fourth-order valence-electron chi connectivity index (χ4n) is 2.00. The lowest BCUT2D eigenvalue weighted by Crippen LogP contribution is -2.56. The van der Waals surface area contributed by atoms with Gasteiger partial charge in [-0.25, -0.2) is 9.59 Å². The Bertz CT molecular complexity index is 507. The molecule has 5 heteroatoms. The van der Waals surface area contributed by atoms with E-state index >= 15 is 0 Å². The summed E-state index contributed by atoms with van der Waals surface area (Å²) < 4.78 is 10.5. The molecule has 1 aromatic rings. The number of hydrogen-bond acceptors (Lipinski definition) is 4. The van der Waals surface area contributed by atoms with Crippen molar-refractivity contribution in [3.05, 3.63) is 35.9 Å². The van der Waals surface area contributed by atoms with E-state index in [0.29, 0.717) is 13.0 Å². The molecule has 1 aliphatic rings. The summed E-state index contributed by atoms with van der Waals surface area (Å²) in [7, 11) is 0. The lowest BCUT2D eigenvalue weighted by Gasteiger charge is -2.39. The third-order valence-corrected chi connectivity index (χ3v) is 3.14. The molecule has 0 radical (unpaired) electrons. The predicted octanol–water partition coefficient (Wildman–Crippen LogP) is 2.74. The molecule has 0 spiro atoms. The standard InChI is InChI=1S/C16H21NO4/c1-16(2,3)21-15(19)17-10-9-13(17)14(18)20-11-12-7-5-4-6-8-12/h4-8,13H,9-11H2,1-3H3/t13-/m0/s1. The first-order valence-corrected chi connectivity index (χ1v) is 7.07. The Balaban J connectivity index is 1.84. The van der Waals surface area contributed by atoms with Crippen molar-refractivity contribution in [1.82, 2.24) is 4.90 Å². The highest BCUT2D eigenvalue weighted by atomic mass is 16.6. The molecule has 21 heavy (non-hydrogen) atoms. The second kappa shape index (κ2) is 6.16. The molecular weight excluding hydrogens is 270 g/mol. The molecule has 1 aromatic carbocycles. The van der Waals surface area contributed by atoms with Crippen molar-refractivity contribution in [1.29, 1.82) is 0 Å². The van der Waals surface area contributed by atoms with Gasteiger partial charge in [0, 0.05) is 6.54 Å². The van der Waals surface area contributed by atoms with Crippen LogP contribution in [0.25, 0.3) is 0 Å². The van der Waals surface area contributed by atoms with Crippen LogP contribution in [-0.4, -0.2) is 35.2 Å². The van der Waals surface area contributed by atoms with Gasteiger partial charge in [-0.2, -0.15) is 0 Å². The lowest BCUT2D eigenvalue weighted by molar-refractivity contribution is -0.155. The SMILES string of the molecule is CC(C)(C)OC(=O)N1CC[C@H]1C(=O)OCc1ccccc1. The van der Waals surface area contributed by atoms with Crippen LogP contribution in [0, 0.1) is 0 Å². The van der Waals surface area contributed by atoms with Crippen LogP contribution >= 0.6 is 0 Å². The number of hydrogen-bond donors (Lipinski definition) is 0. The van der Waals surface area contributed by atoms with Crippen LogP contribution in [0.3, 0.4) is 0 Å². The Hall–Kier alpha value is -2.04. The molecule has 0 saturated carbocycles. The summed E-state index contributed by atoms with van der Waals surface area (Å²) in [6, 6.07) is 8.93. The average Bonchev–Trinajstić information content (AvgIpc) is 2.34. The number of carbonyl (C=O) groups excluding carboxylic acids is 2. The van der Waals surface area contributed by atoms with Crippen molar-refractivity contribution < 1.29 is 19.1 Å². The van der Waals surface area contributed by atoms with Crippen molar-refractivity contribution in [2.75, 3.05) is 6.54 Å². The highest BCUT2D eigenvalue weighted by Crippen LogP contribution is 2.22. The van der Waals surface area contributed by atoms with Gasteiger partial charge in [0.1, 0.15) is 18.2 Å². The van der Waals surface area contributed by atoms with Gasteiger partial charge in [0.2, 0.25) is 0 Å². The third-order valence-electron chi connectivity index (χ3n) is 3.14. The van der Waals surface area contributed by atoms with Crippen molar-refractivity contribution in [2.24, 2.45) is 0 Å². The molecule has 0 aliphatic carbocycles. The van der Waals surface area contributed by atoms with Gasteiger partial charge < -0.3 is 9.47 Å². The van der Waals surface area contributed by atoms with E-state index in [4.69, 9.17) is 9.47 Å². The molecule has 0 unspecified atom stereocenters. The van der Waals surface area contributed by atoms with Crippen molar-refractivity contribution >= 4 is 12.1 Å². The summed E-state index contributed by atoms with van der Waals surface area (Å²) >= 11 is 0. The molecular formula is C16H21NO4. The zero-order chi connectivity index (χ0) is 15.5.